The van der Waals surface area contributed by atoms with Crippen LogP contribution in [0.5, 0.6) is 5.75 Å². The van der Waals surface area contributed by atoms with Gasteiger partial charge < -0.3 is 9.72 Å². The summed E-state index contributed by atoms with van der Waals surface area (Å²) < 4.78 is 7.66. The Morgan fingerprint density at radius 1 is 1.32 bits per heavy atom. The van der Waals surface area contributed by atoms with Crippen molar-refractivity contribution < 1.29 is 9.53 Å². The first kappa shape index (κ1) is 20.2. The van der Waals surface area contributed by atoms with Gasteiger partial charge in [-0.2, -0.15) is 0 Å². The van der Waals surface area contributed by atoms with Gasteiger partial charge in [0.2, 0.25) is 0 Å². The number of H-pyrrole nitrogens is 1. The summed E-state index contributed by atoms with van der Waals surface area (Å²) in [5.74, 6) is 1.70. The van der Waals surface area contributed by atoms with Gasteiger partial charge in [0, 0.05) is 28.5 Å². The molecule has 1 aromatic carbocycles. The van der Waals surface area contributed by atoms with E-state index in [0.717, 1.165) is 11.4 Å². The highest BCUT2D eigenvalue weighted by atomic mass is 35.5. The molecular weight excluding hydrogens is 396 g/mol. The smallest absolute Gasteiger partial charge is 0.192 e. The second-order valence-electron chi connectivity index (χ2n) is 6.24. The minimum absolute atomic E-state index is 0.0546. The number of allylic oxidation sites excluding steroid dienone is 1. The van der Waals surface area contributed by atoms with Gasteiger partial charge in [-0.25, -0.2) is 0 Å². The van der Waals surface area contributed by atoms with E-state index in [1.165, 1.54) is 11.8 Å². The Hall–Kier alpha value is -2.51. The molecule has 0 spiro atoms. The molecule has 6 nitrogen and oxygen atoms in total. The van der Waals surface area contributed by atoms with Gasteiger partial charge in [0.15, 0.2) is 16.8 Å². The number of carbonyl (C=O) groups excluding carboxylic acids is 1. The molecule has 0 atom stereocenters. The van der Waals surface area contributed by atoms with Crippen LogP contribution in [0.4, 0.5) is 0 Å². The van der Waals surface area contributed by atoms with Crippen LogP contribution < -0.4 is 4.74 Å². The van der Waals surface area contributed by atoms with Gasteiger partial charge in [-0.3, -0.25) is 9.36 Å². The van der Waals surface area contributed by atoms with Crippen LogP contribution in [0.3, 0.4) is 0 Å². The molecule has 0 saturated carbocycles. The van der Waals surface area contributed by atoms with Crippen molar-refractivity contribution >= 4 is 29.1 Å². The predicted molar refractivity (Wildman–Crippen MR) is 111 cm³/mol. The number of carbonyl (C=O) groups is 1. The summed E-state index contributed by atoms with van der Waals surface area (Å²) in [7, 11) is 0. The number of Topliss-reactive ketones (excluding diaryl/α,β-unsaturated/α-hetero) is 1. The molecule has 1 N–H and O–H groups in total. The normalized spacial score (nSPS) is 10.8. The van der Waals surface area contributed by atoms with E-state index in [4.69, 9.17) is 16.3 Å². The van der Waals surface area contributed by atoms with Gasteiger partial charge in [0.25, 0.3) is 0 Å². The number of hydrogen-bond donors (Lipinski definition) is 1. The summed E-state index contributed by atoms with van der Waals surface area (Å²) in [6.07, 6.45) is 1.76. The van der Waals surface area contributed by atoms with Crippen molar-refractivity contribution in [2.24, 2.45) is 0 Å². The van der Waals surface area contributed by atoms with Crippen LogP contribution in [0.25, 0.3) is 0 Å². The third kappa shape index (κ3) is 4.85. The van der Waals surface area contributed by atoms with Crippen LogP contribution in [0.2, 0.25) is 5.02 Å². The van der Waals surface area contributed by atoms with E-state index in [-0.39, 0.29) is 18.1 Å². The molecular formula is C20H21ClN4O2S. The molecule has 0 amide bonds. The zero-order chi connectivity index (χ0) is 20.1. The number of rotatable bonds is 9. The molecule has 0 radical (unpaired) electrons. The largest absolute Gasteiger partial charge is 0.486 e. The third-order valence-electron chi connectivity index (χ3n) is 4.07. The number of halogens is 1. The van der Waals surface area contributed by atoms with Crippen molar-refractivity contribution in [3.8, 4) is 5.75 Å². The van der Waals surface area contributed by atoms with Crippen LogP contribution >= 0.6 is 23.4 Å². The van der Waals surface area contributed by atoms with Gasteiger partial charge in [0.1, 0.15) is 12.4 Å². The highest BCUT2D eigenvalue weighted by Crippen LogP contribution is 2.22. The van der Waals surface area contributed by atoms with Gasteiger partial charge in [0.05, 0.1) is 5.75 Å². The van der Waals surface area contributed by atoms with Crippen LogP contribution in [0.15, 0.2) is 48.1 Å². The fraction of sp³-hybridized carbons (Fsp3) is 0.250. The van der Waals surface area contributed by atoms with E-state index < -0.39 is 0 Å². The van der Waals surface area contributed by atoms with Gasteiger partial charge in [-0.15, -0.1) is 16.8 Å². The molecule has 0 unspecified atom stereocenters. The van der Waals surface area contributed by atoms with Crippen molar-refractivity contribution in [2.75, 3.05) is 5.75 Å². The minimum Gasteiger partial charge on any atom is -0.486 e. The van der Waals surface area contributed by atoms with E-state index in [2.05, 4.69) is 21.8 Å². The number of hydrogen-bond acceptors (Lipinski definition) is 5. The number of aromatic amines is 1. The minimum atomic E-state index is 0.0546. The van der Waals surface area contributed by atoms with Crippen molar-refractivity contribution in [3.63, 3.8) is 0 Å². The lowest BCUT2D eigenvalue weighted by molar-refractivity contribution is 0.102. The van der Waals surface area contributed by atoms with Crippen molar-refractivity contribution in [3.05, 3.63) is 70.8 Å². The number of ketones is 1. The Morgan fingerprint density at radius 2 is 2.07 bits per heavy atom. The van der Waals surface area contributed by atoms with E-state index in [1.807, 2.05) is 24.5 Å². The van der Waals surface area contributed by atoms with E-state index in [1.54, 1.807) is 30.3 Å². The van der Waals surface area contributed by atoms with Crippen LogP contribution in [-0.4, -0.2) is 31.3 Å². The zero-order valence-corrected chi connectivity index (χ0v) is 17.3. The molecule has 8 heteroatoms. The first-order chi connectivity index (χ1) is 13.5. The number of aryl methyl sites for hydroxylation is 2. The SMILES string of the molecule is C=CCn1c(COc2ccc(Cl)cc2)nnc1SCC(=O)c1cc(C)[nH]c1C. The van der Waals surface area contributed by atoms with Crippen LogP contribution in [0.1, 0.15) is 27.6 Å². The Morgan fingerprint density at radius 3 is 2.71 bits per heavy atom. The highest BCUT2D eigenvalue weighted by Gasteiger charge is 2.16. The van der Waals surface area contributed by atoms with E-state index >= 15 is 0 Å². The summed E-state index contributed by atoms with van der Waals surface area (Å²) in [6, 6.07) is 9.00. The Bertz CT molecular complexity index is 979. The molecule has 28 heavy (non-hydrogen) atoms. The number of thioether (sulfide) groups is 1. The first-order valence-corrected chi connectivity index (χ1v) is 10.1. The van der Waals surface area contributed by atoms with Crippen molar-refractivity contribution in [2.45, 2.75) is 32.2 Å². The Labute approximate surface area is 173 Å². The zero-order valence-electron chi connectivity index (χ0n) is 15.7. The number of aromatic nitrogens is 4. The maximum atomic E-state index is 12.5. The molecule has 0 aliphatic heterocycles. The summed E-state index contributed by atoms with van der Waals surface area (Å²) in [6.45, 7) is 8.42. The second kappa shape index (κ2) is 9.12. The number of nitrogens with zero attached hydrogens (tertiary/aromatic N) is 3. The molecule has 0 aliphatic carbocycles. The molecule has 3 aromatic rings. The molecule has 2 aromatic heterocycles. The standard InChI is InChI=1S/C20H21ClN4O2S/c1-4-9-25-19(11-27-16-7-5-15(21)6-8-16)23-24-20(25)28-12-18(26)17-10-13(2)22-14(17)3/h4-8,10,22H,1,9,11-12H2,2-3H3. The number of nitrogens with one attached hydrogen (secondary N) is 1. The molecule has 3 rings (SSSR count). The first-order valence-electron chi connectivity index (χ1n) is 8.71. The monoisotopic (exact) mass is 416 g/mol. The van der Waals surface area contributed by atoms with Crippen molar-refractivity contribution in [1.82, 2.24) is 19.7 Å². The fourth-order valence-corrected chi connectivity index (χ4v) is 3.72. The lowest BCUT2D eigenvalue weighted by atomic mass is 10.2. The predicted octanol–water partition coefficient (Wildman–Crippen LogP) is 4.62. The molecule has 146 valence electrons. The molecule has 0 fully saturated rings. The van der Waals surface area contributed by atoms with E-state index in [0.29, 0.717) is 33.9 Å². The summed E-state index contributed by atoms with van der Waals surface area (Å²) in [5, 5.41) is 9.75. The van der Waals surface area contributed by atoms with Gasteiger partial charge in [-0.05, 0) is 44.2 Å². The summed E-state index contributed by atoms with van der Waals surface area (Å²) in [5.41, 5.74) is 2.57. The molecule has 0 bridgehead atoms. The summed E-state index contributed by atoms with van der Waals surface area (Å²) in [4.78, 5) is 15.7. The maximum absolute atomic E-state index is 12.5. The van der Waals surface area contributed by atoms with Gasteiger partial charge >= 0.3 is 0 Å². The van der Waals surface area contributed by atoms with Gasteiger partial charge in [-0.1, -0.05) is 29.4 Å². The van der Waals surface area contributed by atoms with Crippen LogP contribution in [-0.2, 0) is 13.2 Å². The Balaban J connectivity index is 1.67. The average Bonchev–Trinajstić information content (AvgIpc) is 3.22. The molecule has 0 saturated heterocycles. The Kier molecular flexibility index (Phi) is 6.59. The highest BCUT2D eigenvalue weighted by molar-refractivity contribution is 7.99. The lowest BCUT2D eigenvalue weighted by Gasteiger charge is -2.09. The third-order valence-corrected chi connectivity index (χ3v) is 5.29. The van der Waals surface area contributed by atoms with Crippen molar-refractivity contribution in [1.29, 1.82) is 0 Å². The second-order valence-corrected chi connectivity index (χ2v) is 7.62. The topological polar surface area (TPSA) is 72.8 Å². The van der Waals surface area contributed by atoms with Crippen LogP contribution in [0, 0.1) is 13.8 Å². The lowest BCUT2D eigenvalue weighted by Crippen LogP contribution is -2.09. The quantitative estimate of drug-likeness (QED) is 0.313. The average molecular weight is 417 g/mol. The number of benzene rings is 1. The maximum Gasteiger partial charge on any atom is 0.192 e. The fourth-order valence-electron chi connectivity index (χ4n) is 2.75. The molecule has 0 aliphatic rings. The van der Waals surface area contributed by atoms with E-state index in [9.17, 15) is 4.79 Å². The molecule has 2 heterocycles. The summed E-state index contributed by atoms with van der Waals surface area (Å²) >= 11 is 7.25. The number of ether oxygens (including phenoxy) is 1.